The summed E-state index contributed by atoms with van der Waals surface area (Å²) in [6.45, 7) is 4.67. The van der Waals surface area contributed by atoms with Gasteiger partial charge in [-0.05, 0) is 60.4 Å². The number of aromatic nitrogens is 4. The highest BCUT2D eigenvalue weighted by atomic mass is 32.2. The Hall–Kier alpha value is -3.43. The highest BCUT2D eigenvalue weighted by Gasteiger charge is 2.61. The molecule has 2 saturated carbocycles. The number of ether oxygens (including phenoxy) is 1. The van der Waals surface area contributed by atoms with Crippen LogP contribution in [0.2, 0.25) is 0 Å². The van der Waals surface area contributed by atoms with Gasteiger partial charge in [-0.25, -0.2) is 27.5 Å². The van der Waals surface area contributed by atoms with Crippen molar-refractivity contribution in [1.82, 2.24) is 24.9 Å². The van der Waals surface area contributed by atoms with Crippen molar-refractivity contribution >= 4 is 21.7 Å². The van der Waals surface area contributed by atoms with Gasteiger partial charge in [-0.15, -0.1) is 5.10 Å². The van der Waals surface area contributed by atoms with Gasteiger partial charge in [0.05, 0.1) is 23.4 Å². The van der Waals surface area contributed by atoms with Crippen LogP contribution in [0.4, 0.5) is 29.2 Å². The second-order valence-electron chi connectivity index (χ2n) is 11.2. The van der Waals surface area contributed by atoms with Crippen LogP contribution in [-0.2, 0) is 10.0 Å². The molecule has 5 rings (SSSR count). The molecule has 42 heavy (non-hydrogen) atoms. The molecule has 1 aromatic carbocycles. The number of hydrogen-bond donors (Lipinski definition) is 3. The van der Waals surface area contributed by atoms with Crippen molar-refractivity contribution in [2.75, 3.05) is 11.9 Å². The van der Waals surface area contributed by atoms with E-state index in [4.69, 9.17) is 4.74 Å². The van der Waals surface area contributed by atoms with Gasteiger partial charge < -0.3 is 15.2 Å². The zero-order valence-corrected chi connectivity index (χ0v) is 23.6. The van der Waals surface area contributed by atoms with E-state index in [0.717, 1.165) is 36.1 Å². The first-order chi connectivity index (χ1) is 19.7. The highest BCUT2D eigenvalue weighted by Crippen LogP contribution is 2.45. The Labute approximate surface area is 240 Å². The predicted octanol–water partition coefficient (Wildman–Crippen LogP) is 4.58. The number of nitrogens with one attached hydrogen (secondary N) is 2. The molecule has 15 heteroatoms. The number of alkyl halides is 3. The molecule has 0 atom stereocenters. The third-order valence-corrected chi connectivity index (χ3v) is 9.21. The maximum Gasteiger partial charge on any atom is 0.417 e. The molecule has 0 bridgehead atoms. The first kappa shape index (κ1) is 30.0. The van der Waals surface area contributed by atoms with Crippen LogP contribution in [0, 0.1) is 11.7 Å². The van der Waals surface area contributed by atoms with Crippen LogP contribution < -0.4 is 14.8 Å². The minimum Gasteiger partial charge on any atom is -0.476 e. The van der Waals surface area contributed by atoms with Crippen LogP contribution in [0.1, 0.15) is 62.5 Å². The number of rotatable bonds is 10. The molecule has 3 N–H and O–H groups in total. The Morgan fingerprint density at radius 2 is 1.83 bits per heavy atom. The summed E-state index contributed by atoms with van der Waals surface area (Å²) in [5, 5.41) is 20.2. The number of sulfonamides is 1. The Morgan fingerprint density at radius 3 is 2.45 bits per heavy atom. The molecule has 0 radical (unpaired) electrons. The van der Waals surface area contributed by atoms with Gasteiger partial charge >= 0.3 is 6.18 Å². The maximum atomic E-state index is 14.7. The Morgan fingerprint density at radius 1 is 1.14 bits per heavy atom. The first-order valence-corrected chi connectivity index (χ1v) is 14.9. The summed E-state index contributed by atoms with van der Waals surface area (Å²) in [6, 6.07) is 3.81. The smallest absolute Gasteiger partial charge is 0.417 e. The minimum atomic E-state index is -4.86. The van der Waals surface area contributed by atoms with E-state index in [2.05, 4.69) is 44.1 Å². The molecule has 10 nitrogen and oxygen atoms in total. The minimum absolute atomic E-state index is 0.0811. The SMILES string of the molecule is CC(C)c1ccnnc1OCC1CC(c2cnc(Nc3ccc(S(=O)(=O)NC4CC(O)(C(F)(F)F)C4)cc3F)nc2)C1. The van der Waals surface area contributed by atoms with E-state index in [9.17, 15) is 31.1 Å². The Balaban J connectivity index is 1.12. The molecule has 0 aliphatic heterocycles. The fraction of sp³-hybridized carbons (Fsp3) is 0.481. The van der Waals surface area contributed by atoms with Gasteiger partial charge in [0.25, 0.3) is 0 Å². The summed E-state index contributed by atoms with van der Waals surface area (Å²) < 4.78 is 86.2. The summed E-state index contributed by atoms with van der Waals surface area (Å²) in [6.07, 6.45) is 0.238. The molecular formula is C27H30F4N6O4S. The lowest BCUT2D eigenvalue weighted by Crippen LogP contribution is -2.62. The summed E-state index contributed by atoms with van der Waals surface area (Å²) in [5.41, 5.74) is -1.07. The van der Waals surface area contributed by atoms with Crippen LogP contribution in [0.25, 0.3) is 0 Å². The van der Waals surface area contributed by atoms with Crippen molar-refractivity contribution in [3.05, 3.63) is 59.8 Å². The van der Waals surface area contributed by atoms with Gasteiger partial charge in [-0.3, -0.25) is 0 Å². The van der Waals surface area contributed by atoms with Crippen molar-refractivity contribution in [2.45, 2.75) is 74.1 Å². The summed E-state index contributed by atoms with van der Waals surface area (Å²) in [4.78, 5) is 8.03. The van der Waals surface area contributed by atoms with Crippen molar-refractivity contribution in [3.63, 3.8) is 0 Å². The van der Waals surface area contributed by atoms with E-state index >= 15 is 0 Å². The van der Waals surface area contributed by atoms with Crippen molar-refractivity contribution < 1.29 is 35.8 Å². The maximum absolute atomic E-state index is 14.7. The van der Waals surface area contributed by atoms with Crippen molar-refractivity contribution in [1.29, 1.82) is 0 Å². The van der Waals surface area contributed by atoms with Crippen molar-refractivity contribution in [2.24, 2.45) is 5.92 Å². The van der Waals surface area contributed by atoms with Gasteiger partial charge in [0, 0.05) is 36.8 Å². The topological polar surface area (TPSA) is 139 Å². The van der Waals surface area contributed by atoms with Crippen LogP contribution in [0.15, 0.2) is 47.8 Å². The van der Waals surface area contributed by atoms with E-state index in [1.165, 1.54) is 6.07 Å². The molecule has 0 amide bonds. The van der Waals surface area contributed by atoms with Gasteiger partial charge in [-0.1, -0.05) is 13.8 Å². The molecule has 2 heterocycles. The first-order valence-electron chi connectivity index (χ1n) is 13.4. The lowest BCUT2D eigenvalue weighted by molar-refractivity contribution is -0.290. The second kappa shape index (κ2) is 11.3. The quantitative estimate of drug-likeness (QED) is 0.282. The highest BCUT2D eigenvalue weighted by molar-refractivity contribution is 7.89. The summed E-state index contributed by atoms with van der Waals surface area (Å²) in [5.74, 6) is 0.632. The zero-order chi connectivity index (χ0) is 30.3. The van der Waals surface area contributed by atoms with Crippen molar-refractivity contribution in [3.8, 4) is 5.88 Å². The van der Waals surface area contributed by atoms with Gasteiger partial charge in [0.15, 0.2) is 5.60 Å². The van der Waals surface area contributed by atoms with E-state index in [-0.39, 0.29) is 23.5 Å². The lowest BCUT2D eigenvalue weighted by Gasteiger charge is -2.44. The van der Waals surface area contributed by atoms with Crippen LogP contribution in [0.3, 0.4) is 0 Å². The van der Waals surface area contributed by atoms with E-state index in [0.29, 0.717) is 18.4 Å². The number of hydrogen-bond acceptors (Lipinski definition) is 9. The molecular weight excluding hydrogens is 580 g/mol. The average Bonchev–Trinajstić information content (AvgIpc) is 2.88. The molecule has 2 aromatic heterocycles. The molecule has 2 fully saturated rings. The van der Waals surface area contributed by atoms with Crippen LogP contribution in [0.5, 0.6) is 5.88 Å². The number of halogens is 4. The monoisotopic (exact) mass is 610 g/mol. The molecule has 2 aliphatic rings. The molecule has 3 aromatic rings. The largest absolute Gasteiger partial charge is 0.476 e. The number of benzene rings is 1. The Bertz CT molecular complexity index is 1530. The number of anilines is 2. The second-order valence-corrected chi connectivity index (χ2v) is 12.9. The third-order valence-electron chi connectivity index (χ3n) is 7.69. The Kier molecular flexibility index (Phi) is 8.11. The lowest BCUT2D eigenvalue weighted by atomic mass is 9.72. The normalized spacial score (nSPS) is 24.1. The van der Waals surface area contributed by atoms with E-state index in [1.54, 1.807) is 18.6 Å². The zero-order valence-electron chi connectivity index (χ0n) is 22.8. The van der Waals surface area contributed by atoms with Crippen LogP contribution in [-0.4, -0.2) is 58.1 Å². The number of aliphatic hydroxyl groups is 1. The van der Waals surface area contributed by atoms with Gasteiger partial charge in [0.2, 0.25) is 21.9 Å². The fourth-order valence-corrected chi connectivity index (χ4v) is 6.32. The van der Waals surface area contributed by atoms with Crippen LogP contribution >= 0.6 is 0 Å². The summed E-state index contributed by atoms with van der Waals surface area (Å²) in [7, 11) is -4.31. The van der Waals surface area contributed by atoms with Gasteiger partial charge in [-0.2, -0.15) is 18.3 Å². The molecule has 0 spiro atoms. The standard InChI is InChI=1S/C27H30F4N6O4S/c1-15(2)21-5-6-34-36-24(21)41-14-16-7-17(8-16)18-12-32-25(33-13-18)35-23-4-3-20(9-22(23)28)42(39,40)37-19-10-26(38,11-19)27(29,30)31/h3-6,9,12-13,15-17,19,37-38H,7-8,10-11,14H2,1-2H3,(H,32,33,35). The van der Waals surface area contributed by atoms with Gasteiger partial charge in [0.1, 0.15) is 5.82 Å². The fourth-order valence-electron chi connectivity index (χ4n) is 5.08. The van der Waals surface area contributed by atoms with E-state index < -0.39 is 51.4 Å². The molecule has 0 unspecified atom stereocenters. The average molecular weight is 611 g/mol. The molecule has 2 aliphatic carbocycles. The predicted molar refractivity (Wildman–Crippen MR) is 143 cm³/mol. The van der Waals surface area contributed by atoms with E-state index in [1.807, 2.05) is 6.07 Å². The molecule has 0 saturated heterocycles. The molecule has 226 valence electrons. The number of nitrogens with zero attached hydrogens (tertiary/aromatic N) is 4. The summed E-state index contributed by atoms with van der Waals surface area (Å²) >= 11 is 0. The third kappa shape index (κ3) is 6.32.